The second-order valence-electron chi connectivity index (χ2n) is 5.78. The zero-order valence-electron chi connectivity index (χ0n) is 14.4. The number of thiocarbonyl (C=S) groups is 1. The van der Waals surface area contributed by atoms with Crippen LogP contribution in [0, 0.1) is 13.8 Å². The fourth-order valence-corrected chi connectivity index (χ4v) is 2.61. The fraction of sp³-hybridized carbons (Fsp3) is 0.167. The molecule has 2 aromatic heterocycles. The van der Waals surface area contributed by atoms with Gasteiger partial charge in [-0.15, -0.1) is 0 Å². The quantitative estimate of drug-likeness (QED) is 0.484. The Morgan fingerprint density at radius 3 is 2.77 bits per heavy atom. The van der Waals surface area contributed by atoms with Crippen LogP contribution in [-0.4, -0.2) is 20.8 Å². The summed E-state index contributed by atoms with van der Waals surface area (Å²) in [7, 11) is 0. The zero-order chi connectivity index (χ0) is 18.5. The van der Waals surface area contributed by atoms with Crippen LogP contribution < -0.4 is 16.2 Å². The summed E-state index contributed by atoms with van der Waals surface area (Å²) in [5.41, 5.74) is 8.77. The molecule has 0 aliphatic rings. The Balaban J connectivity index is 1.52. The Kier molecular flexibility index (Phi) is 5.33. The number of anilines is 1. The smallest absolute Gasteiger partial charge is 0.273 e. The summed E-state index contributed by atoms with van der Waals surface area (Å²) in [5, 5.41) is 7.56. The molecule has 3 aromatic rings. The van der Waals surface area contributed by atoms with Gasteiger partial charge >= 0.3 is 0 Å². The summed E-state index contributed by atoms with van der Waals surface area (Å²) in [5.74, 6) is 0.219. The summed E-state index contributed by atoms with van der Waals surface area (Å²) >= 11 is 5.18. The van der Waals surface area contributed by atoms with Gasteiger partial charge in [-0.25, -0.2) is 0 Å². The van der Waals surface area contributed by atoms with Gasteiger partial charge < -0.3 is 9.73 Å². The highest BCUT2D eigenvalue weighted by Crippen LogP contribution is 2.11. The van der Waals surface area contributed by atoms with Gasteiger partial charge in [-0.05, 0) is 43.3 Å². The van der Waals surface area contributed by atoms with E-state index in [0.717, 1.165) is 5.69 Å². The number of aromatic nitrogens is 2. The molecule has 0 unspecified atom stereocenters. The predicted octanol–water partition coefficient (Wildman–Crippen LogP) is 2.77. The number of nitrogens with zero attached hydrogens (tertiary/aromatic N) is 2. The molecule has 0 radical (unpaired) electrons. The molecule has 8 heteroatoms. The maximum Gasteiger partial charge on any atom is 0.273 e. The summed E-state index contributed by atoms with van der Waals surface area (Å²) < 4.78 is 6.92. The lowest BCUT2D eigenvalue weighted by Crippen LogP contribution is -2.43. The Hall–Kier alpha value is -3.13. The molecule has 134 valence electrons. The monoisotopic (exact) mass is 369 g/mol. The van der Waals surface area contributed by atoms with Gasteiger partial charge in [0.1, 0.15) is 5.76 Å². The maximum atomic E-state index is 12.0. The third kappa shape index (κ3) is 4.28. The number of aryl methyl sites for hydroxylation is 2. The normalized spacial score (nSPS) is 10.4. The highest BCUT2D eigenvalue weighted by atomic mass is 32.1. The number of amides is 1. The number of furan rings is 1. The summed E-state index contributed by atoms with van der Waals surface area (Å²) in [6, 6.07) is 9.76. The second kappa shape index (κ2) is 7.83. The van der Waals surface area contributed by atoms with Crippen molar-refractivity contribution < 1.29 is 9.21 Å². The summed E-state index contributed by atoms with van der Waals surface area (Å²) in [6.45, 7) is 4.46. The van der Waals surface area contributed by atoms with Crippen molar-refractivity contribution >= 4 is 28.9 Å². The van der Waals surface area contributed by atoms with Crippen molar-refractivity contribution in [2.24, 2.45) is 0 Å². The highest BCUT2D eigenvalue weighted by molar-refractivity contribution is 7.80. The molecule has 1 aromatic carbocycles. The number of hydrazine groups is 1. The molecule has 26 heavy (non-hydrogen) atoms. The molecule has 7 nitrogen and oxygen atoms in total. The highest BCUT2D eigenvalue weighted by Gasteiger charge is 2.11. The van der Waals surface area contributed by atoms with Gasteiger partial charge in [-0.2, -0.15) is 5.10 Å². The van der Waals surface area contributed by atoms with Gasteiger partial charge in [0.15, 0.2) is 5.11 Å². The predicted molar refractivity (Wildman–Crippen MR) is 103 cm³/mol. The lowest BCUT2D eigenvalue weighted by Gasteiger charge is -2.10. The molecule has 0 aliphatic carbocycles. The molecule has 0 saturated heterocycles. The van der Waals surface area contributed by atoms with Gasteiger partial charge in [0, 0.05) is 6.20 Å². The van der Waals surface area contributed by atoms with Gasteiger partial charge in [0.25, 0.3) is 5.91 Å². The first-order valence-electron chi connectivity index (χ1n) is 8.01. The van der Waals surface area contributed by atoms with Crippen LogP contribution in [0.4, 0.5) is 5.69 Å². The number of carbonyl (C=O) groups is 1. The first-order chi connectivity index (χ1) is 12.5. The van der Waals surface area contributed by atoms with Crippen LogP contribution in [-0.2, 0) is 6.54 Å². The van der Waals surface area contributed by atoms with Gasteiger partial charge in [-0.3, -0.25) is 20.3 Å². The lowest BCUT2D eigenvalue weighted by molar-refractivity contribution is 0.0942. The Bertz CT molecular complexity index is 931. The minimum Gasteiger partial charge on any atom is -0.469 e. The third-order valence-corrected chi connectivity index (χ3v) is 4.08. The molecule has 0 spiro atoms. The zero-order valence-corrected chi connectivity index (χ0v) is 15.3. The Morgan fingerprint density at radius 1 is 1.23 bits per heavy atom. The van der Waals surface area contributed by atoms with Crippen LogP contribution in [0.5, 0.6) is 0 Å². The van der Waals surface area contributed by atoms with E-state index < -0.39 is 0 Å². The van der Waals surface area contributed by atoms with Crippen molar-refractivity contribution in [3.05, 3.63) is 71.4 Å². The van der Waals surface area contributed by atoms with Crippen molar-refractivity contribution in [3.8, 4) is 0 Å². The molecular weight excluding hydrogens is 350 g/mol. The number of rotatable bonds is 4. The summed E-state index contributed by atoms with van der Waals surface area (Å²) in [4.78, 5) is 12.0. The maximum absolute atomic E-state index is 12.0. The van der Waals surface area contributed by atoms with E-state index in [0.29, 0.717) is 17.9 Å². The Labute approximate surface area is 156 Å². The largest absolute Gasteiger partial charge is 0.469 e. The topological polar surface area (TPSA) is 84.1 Å². The molecular formula is C18H19N5O2S. The van der Waals surface area contributed by atoms with Crippen LogP contribution >= 0.6 is 12.2 Å². The number of nitrogens with one attached hydrogen (secondary N) is 3. The van der Waals surface area contributed by atoms with Crippen molar-refractivity contribution in [3.63, 3.8) is 0 Å². The van der Waals surface area contributed by atoms with E-state index in [9.17, 15) is 4.79 Å². The molecule has 0 bridgehead atoms. The molecule has 2 heterocycles. The molecule has 3 rings (SSSR count). The standard InChI is InChI=1S/C18H19N5O2S/c1-12-5-3-4-6-14(12)10-23-11-15(9-19-23)20-18(26)22-21-17(24)16-7-8-25-13(16)2/h3-9,11H,10H2,1-2H3,(H,21,24)(H2,20,22,26). The van der Waals surface area contributed by atoms with Crippen molar-refractivity contribution in [2.45, 2.75) is 20.4 Å². The molecule has 3 N–H and O–H groups in total. The lowest BCUT2D eigenvalue weighted by atomic mass is 10.1. The van der Waals surface area contributed by atoms with Crippen molar-refractivity contribution in [1.29, 1.82) is 0 Å². The van der Waals surface area contributed by atoms with Crippen LogP contribution in [0.1, 0.15) is 27.2 Å². The number of carbonyl (C=O) groups excluding carboxylic acids is 1. The Morgan fingerprint density at radius 2 is 2.04 bits per heavy atom. The van der Waals surface area contributed by atoms with E-state index in [4.69, 9.17) is 16.6 Å². The van der Waals surface area contributed by atoms with E-state index in [1.54, 1.807) is 19.2 Å². The number of hydrogen-bond acceptors (Lipinski definition) is 4. The number of hydrogen-bond donors (Lipinski definition) is 3. The van der Waals surface area contributed by atoms with Crippen molar-refractivity contribution in [1.82, 2.24) is 20.6 Å². The molecule has 0 saturated carbocycles. The van der Waals surface area contributed by atoms with E-state index in [1.807, 2.05) is 23.0 Å². The SMILES string of the molecule is Cc1ccccc1Cn1cc(NC(=S)NNC(=O)c2ccoc2C)cn1. The molecule has 1 amide bonds. The van der Waals surface area contributed by atoms with Crippen LogP contribution in [0.15, 0.2) is 53.4 Å². The van der Waals surface area contributed by atoms with Crippen LogP contribution in [0.3, 0.4) is 0 Å². The van der Waals surface area contributed by atoms with Gasteiger partial charge in [0.2, 0.25) is 0 Å². The van der Waals surface area contributed by atoms with Gasteiger partial charge in [-0.1, -0.05) is 24.3 Å². The average Bonchev–Trinajstić information content (AvgIpc) is 3.24. The second-order valence-corrected chi connectivity index (χ2v) is 6.19. The van der Waals surface area contributed by atoms with E-state index in [-0.39, 0.29) is 11.0 Å². The van der Waals surface area contributed by atoms with E-state index in [1.165, 1.54) is 17.4 Å². The molecule has 0 atom stereocenters. The average molecular weight is 369 g/mol. The van der Waals surface area contributed by atoms with Gasteiger partial charge in [0.05, 0.1) is 30.3 Å². The van der Waals surface area contributed by atoms with Crippen LogP contribution in [0.2, 0.25) is 0 Å². The first kappa shape index (κ1) is 17.7. The van der Waals surface area contributed by atoms with Crippen molar-refractivity contribution in [2.75, 3.05) is 5.32 Å². The molecule has 0 fully saturated rings. The minimum absolute atomic E-state index is 0.259. The van der Waals surface area contributed by atoms with Crippen LogP contribution in [0.25, 0.3) is 0 Å². The third-order valence-electron chi connectivity index (χ3n) is 3.88. The van der Waals surface area contributed by atoms with E-state index >= 15 is 0 Å². The minimum atomic E-state index is -0.323. The fourth-order valence-electron chi connectivity index (χ4n) is 2.44. The summed E-state index contributed by atoms with van der Waals surface area (Å²) in [6.07, 6.45) is 4.99. The molecule has 0 aliphatic heterocycles. The number of benzene rings is 1. The van der Waals surface area contributed by atoms with E-state index in [2.05, 4.69) is 40.3 Å². The first-order valence-corrected chi connectivity index (χ1v) is 8.42.